The summed E-state index contributed by atoms with van der Waals surface area (Å²) in [5.41, 5.74) is 1.76. The first kappa shape index (κ1) is 22.6. The fraction of sp³-hybridized carbons (Fsp3) is 0.190. The molecule has 0 fully saturated rings. The van der Waals surface area contributed by atoms with E-state index < -0.39 is 31.0 Å². The number of anilines is 2. The molecular weight excluding hydrogens is 427 g/mol. The molecule has 0 saturated heterocycles. The van der Waals surface area contributed by atoms with Gasteiger partial charge in [-0.25, -0.2) is 4.39 Å². The van der Waals surface area contributed by atoms with Crippen LogP contribution in [0.1, 0.15) is 15.9 Å². The Labute approximate surface area is 182 Å². The molecule has 2 aromatic heterocycles. The number of hydrogen-bond acceptors (Lipinski definition) is 7. The number of halogens is 2. The number of aliphatic hydroxyl groups is 3. The van der Waals surface area contributed by atoms with E-state index in [4.69, 9.17) is 11.6 Å². The van der Waals surface area contributed by atoms with Gasteiger partial charge in [-0.1, -0.05) is 11.6 Å². The van der Waals surface area contributed by atoms with Gasteiger partial charge in [0, 0.05) is 40.4 Å². The number of nitrogens with one attached hydrogen (secondary N) is 2. The first-order valence-electron chi connectivity index (χ1n) is 9.25. The van der Waals surface area contributed by atoms with Crippen molar-refractivity contribution in [1.29, 1.82) is 0 Å². The molecule has 8 nitrogen and oxygen atoms in total. The molecule has 0 bridgehead atoms. The van der Waals surface area contributed by atoms with Gasteiger partial charge in [-0.15, -0.1) is 0 Å². The molecule has 1 aromatic carbocycles. The smallest absolute Gasteiger partial charge is 0.255 e. The van der Waals surface area contributed by atoms with E-state index in [1.54, 1.807) is 6.07 Å². The molecule has 0 radical (unpaired) electrons. The van der Waals surface area contributed by atoms with Crippen molar-refractivity contribution in [2.24, 2.45) is 0 Å². The van der Waals surface area contributed by atoms with Crippen molar-refractivity contribution < 1.29 is 24.5 Å². The zero-order valence-corrected chi connectivity index (χ0v) is 17.0. The van der Waals surface area contributed by atoms with Crippen molar-refractivity contribution in [2.75, 3.05) is 18.5 Å². The summed E-state index contributed by atoms with van der Waals surface area (Å²) >= 11 is 5.98. The number of carbonyl (C=O) groups excluding carboxylic acids is 1. The Morgan fingerprint density at radius 3 is 2.58 bits per heavy atom. The van der Waals surface area contributed by atoms with E-state index in [0.29, 0.717) is 22.0 Å². The minimum atomic E-state index is -0.827. The SMILES string of the molecule is O=C(NC(CO)CO)c1cnccc1Nc1cc(-c2cc(Cl)ccc2F)ncc1CO. The average Bonchev–Trinajstić information content (AvgIpc) is 2.79. The molecule has 162 valence electrons. The van der Waals surface area contributed by atoms with Crippen LogP contribution >= 0.6 is 11.6 Å². The predicted molar refractivity (Wildman–Crippen MR) is 114 cm³/mol. The van der Waals surface area contributed by atoms with Crippen LogP contribution in [0.15, 0.2) is 48.9 Å². The van der Waals surface area contributed by atoms with Crippen molar-refractivity contribution in [3.63, 3.8) is 0 Å². The summed E-state index contributed by atoms with van der Waals surface area (Å²) in [6, 6.07) is 6.35. The quantitative estimate of drug-likeness (QED) is 0.359. The molecular formula is C21H20ClFN4O4. The van der Waals surface area contributed by atoms with Crippen LogP contribution in [-0.2, 0) is 6.61 Å². The third kappa shape index (κ3) is 5.33. The summed E-state index contributed by atoms with van der Waals surface area (Å²) in [6.45, 7) is -1.21. The summed E-state index contributed by atoms with van der Waals surface area (Å²) in [7, 11) is 0. The second kappa shape index (κ2) is 10.3. The molecule has 0 atom stereocenters. The number of pyridine rings is 2. The van der Waals surface area contributed by atoms with Gasteiger partial charge in [-0.05, 0) is 30.3 Å². The van der Waals surface area contributed by atoms with E-state index in [2.05, 4.69) is 20.6 Å². The highest BCUT2D eigenvalue weighted by atomic mass is 35.5. The van der Waals surface area contributed by atoms with Gasteiger partial charge in [-0.3, -0.25) is 14.8 Å². The van der Waals surface area contributed by atoms with E-state index in [1.807, 2.05) is 0 Å². The Kier molecular flexibility index (Phi) is 7.48. The number of carbonyl (C=O) groups is 1. The summed E-state index contributed by atoms with van der Waals surface area (Å²) in [5.74, 6) is -1.08. The van der Waals surface area contributed by atoms with Crippen LogP contribution in [-0.4, -0.2) is 50.5 Å². The van der Waals surface area contributed by atoms with Crippen molar-refractivity contribution in [3.05, 3.63) is 70.9 Å². The van der Waals surface area contributed by atoms with Gasteiger partial charge in [0.15, 0.2) is 0 Å². The Hall–Kier alpha value is -3.11. The lowest BCUT2D eigenvalue weighted by molar-refractivity contribution is 0.0880. The van der Waals surface area contributed by atoms with Gasteiger partial charge in [0.2, 0.25) is 0 Å². The van der Waals surface area contributed by atoms with Gasteiger partial charge in [0.1, 0.15) is 5.82 Å². The first-order valence-corrected chi connectivity index (χ1v) is 9.63. The maximum Gasteiger partial charge on any atom is 0.255 e. The molecule has 1 amide bonds. The lowest BCUT2D eigenvalue weighted by Gasteiger charge is -2.17. The molecule has 31 heavy (non-hydrogen) atoms. The molecule has 0 aliphatic carbocycles. The topological polar surface area (TPSA) is 128 Å². The fourth-order valence-corrected chi connectivity index (χ4v) is 2.98. The number of nitrogens with zero attached hydrogens (tertiary/aromatic N) is 2. The summed E-state index contributed by atoms with van der Waals surface area (Å²) < 4.78 is 14.3. The number of aromatic nitrogens is 2. The second-order valence-electron chi connectivity index (χ2n) is 6.59. The number of rotatable bonds is 8. The van der Waals surface area contributed by atoms with Gasteiger partial charge >= 0.3 is 0 Å². The number of hydrogen-bond donors (Lipinski definition) is 5. The maximum absolute atomic E-state index is 14.3. The third-order valence-corrected chi connectivity index (χ3v) is 4.71. The third-order valence-electron chi connectivity index (χ3n) is 4.47. The van der Waals surface area contributed by atoms with E-state index >= 15 is 0 Å². The lowest BCUT2D eigenvalue weighted by Crippen LogP contribution is -2.40. The number of benzene rings is 1. The highest BCUT2D eigenvalue weighted by molar-refractivity contribution is 6.30. The van der Waals surface area contributed by atoms with Crippen molar-refractivity contribution >= 4 is 28.9 Å². The van der Waals surface area contributed by atoms with Crippen LogP contribution in [0.2, 0.25) is 5.02 Å². The molecule has 0 spiro atoms. The van der Waals surface area contributed by atoms with Crippen LogP contribution in [0.5, 0.6) is 0 Å². The van der Waals surface area contributed by atoms with Crippen LogP contribution in [0, 0.1) is 5.82 Å². The monoisotopic (exact) mass is 446 g/mol. The predicted octanol–water partition coefficient (Wildman–Crippen LogP) is 2.26. The summed E-state index contributed by atoms with van der Waals surface area (Å²) in [6.07, 6.45) is 4.18. The lowest BCUT2D eigenvalue weighted by atomic mass is 10.1. The normalized spacial score (nSPS) is 10.9. The Morgan fingerprint density at radius 2 is 1.87 bits per heavy atom. The minimum Gasteiger partial charge on any atom is -0.394 e. The molecule has 0 aliphatic heterocycles. The highest BCUT2D eigenvalue weighted by Gasteiger charge is 2.17. The van der Waals surface area contributed by atoms with Gasteiger partial charge in [0.05, 0.1) is 42.8 Å². The second-order valence-corrected chi connectivity index (χ2v) is 7.03. The summed E-state index contributed by atoms with van der Waals surface area (Å²) in [4.78, 5) is 20.7. The van der Waals surface area contributed by atoms with Gasteiger partial charge in [0.25, 0.3) is 5.91 Å². The van der Waals surface area contributed by atoms with Crippen LogP contribution in [0.25, 0.3) is 11.3 Å². The largest absolute Gasteiger partial charge is 0.394 e. The summed E-state index contributed by atoms with van der Waals surface area (Å²) in [5, 5.41) is 34.0. The van der Waals surface area contributed by atoms with Crippen molar-refractivity contribution in [3.8, 4) is 11.3 Å². The Morgan fingerprint density at radius 1 is 1.10 bits per heavy atom. The molecule has 3 rings (SSSR count). The zero-order valence-electron chi connectivity index (χ0n) is 16.2. The fourth-order valence-electron chi connectivity index (χ4n) is 2.81. The molecule has 2 heterocycles. The number of amides is 1. The van der Waals surface area contributed by atoms with Gasteiger partial charge in [-0.2, -0.15) is 0 Å². The highest BCUT2D eigenvalue weighted by Crippen LogP contribution is 2.30. The molecule has 5 N–H and O–H groups in total. The molecule has 3 aromatic rings. The van der Waals surface area contributed by atoms with E-state index in [0.717, 1.165) is 0 Å². The zero-order chi connectivity index (χ0) is 22.4. The molecule has 10 heteroatoms. The standard InChI is InChI=1S/C21H20ClFN4O4/c22-13-1-2-17(23)15(5-13)20-6-19(12(9-28)7-25-20)27-18-3-4-24-8-16(18)21(31)26-14(10-29)11-30/h1-8,14,28-30H,9-11H2,(H,26,31)(H,24,25,27). The van der Waals surface area contributed by atoms with E-state index in [-0.39, 0.29) is 23.4 Å². The van der Waals surface area contributed by atoms with E-state index in [9.17, 15) is 24.5 Å². The molecule has 0 saturated carbocycles. The van der Waals surface area contributed by atoms with E-state index in [1.165, 1.54) is 42.9 Å². The van der Waals surface area contributed by atoms with Gasteiger partial charge < -0.3 is 26.0 Å². The van der Waals surface area contributed by atoms with Crippen molar-refractivity contribution in [2.45, 2.75) is 12.6 Å². The first-order chi connectivity index (χ1) is 15.0. The Bertz CT molecular complexity index is 1080. The van der Waals surface area contributed by atoms with Crippen molar-refractivity contribution in [1.82, 2.24) is 15.3 Å². The maximum atomic E-state index is 14.3. The molecule has 0 aliphatic rings. The minimum absolute atomic E-state index is 0.144. The average molecular weight is 447 g/mol. The number of aliphatic hydroxyl groups excluding tert-OH is 3. The Balaban J connectivity index is 1.98. The molecule has 0 unspecified atom stereocenters. The van der Waals surface area contributed by atoms with Crippen LogP contribution < -0.4 is 10.6 Å². The van der Waals surface area contributed by atoms with Crippen LogP contribution in [0.4, 0.5) is 15.8 Å². The van der Waals surface area contributed by atoms with Crippen LogP contribution in [0.3, 0.4) is 0 Å².